The zero-order chi connectivity index (χ0) is 16.1. The van der Waals surface area contributed by atoms with Crippen molar-refractivity contribution in [2.45, 2.75) is 31.7 Å². The Bertz CT molecular complexity index is 650. The number of nitrogen functional groups attached to an aromatic ring is 1. The molecule has 23 heavy (non-hydrogen) atoms. The molecular weight excluding hydrogens is 292 g/mol. The normalized spacial score (nSPS) is 18.6. The van der Waals surface area contributed by atoms with Gasteiger partial charge in [-0.3, -0.25) is 0 Å². The van der Waals surface area contributed by atoms with Crippen LogP contribution in [0.2, 0.25) is 0 Å². The fourth-order valence-electron chi connectivity index (χ4n) is 3.27. The van der Waals surface area contributed by atoms with Gasteiger partial charge in [-0.2, -0.15) is 0 Å². The van der Waals surface area contributed by atoms with E-state index >= 15 is 0 Å². The smallest absolute Gasteiger partial charge is 0.134 e. The van der Waals surface area contributed by atoms with Crippen LogP contribution < -0.4 is 10.5 Å². The van der Waals surface area contributed by atoms with Gasteiger partial charge in [-0.05, 0) is 44.4 Å². The van der Waals surface area contributed by atoms with Crippen molar-refractivity contribution in [1.82, 2.24) is 14.9 Å². The number of hydrogen-bond acceptors (Lipinski definition) is 6. The number of aromatic nitrogens is 2. The highest BCUT2D eigenvalue weighted by molar-refractivity contribution is 5.88. The van der Waals surface area contributed by atoms with Gasteiger partial charge in [0.25, 0.3) is 0 Å². The minimum absolute atomic E-state index is 0.278. The quantitative estimate of drug-likeness (QED) is 0.758. The molecule has 0 saturated carbocycles. The van der Waals surface area contributed by atoms with Gasteiger partial charge in [0.2, 0.25) is 0 Å². The Balaban J connectivity index is 1.49. The molecule has 2 aromatic rings. The Morgan fingerprint density at radius 1 is 1.35 bits per heavy atom. The van der Waals surface area contributed by atoms with Crippen LogP contribution in [0.3, 0.4) is 0 Å². The molecule has 1 aromatic carbocycles. The molecule has 6 heteroatoms. The van der Waals surface area contributed by atoms with Crippen molar-refractivity contribution in [1.29, 1.82) is 0 Å². The van der Waals surface area contributed by atoms with Crippen molar-refractivity contribution in [3.05, 3.63) is 24.5 Å². The number of rotatable bonds is 7. The van der Waals surface area contributed by atoms with Crippen molar-refractivity contribution in [3.8, 4) is 5.75 Å². The number of aliphatic hydroxyl groups is 1. The van der Waals surface area contributed by atoms with Gasteiger partial charge in [0.1, 0.15) is 17.9 Å². The van der Waals surface area contributed by atoms with Gasteiger partial charge in [0, 0.05) is 30.6 Å². The van der Waals surface area contributed by atoms with Gasteiger partial charge in [-0.1, -0.05) is 0 Å². The van der Waals surface area contributed by atoms with Crippen molar-refractivity contribution in [3.63, 3.8) is 0 Å². The molecule has 0 amide bonds. The van der Waals surface area contributed by atoms with E-state index in [1.54, 1.807) is 0 Å². The van der Waals surface area contributed by atoms with Crippen LogP contribution in [-0.2, 0) is 0 Å². The van der Waals surface area contributed by atoms with Crippen LogP contribution in [0.4, 0.5) is 5.82 Å². The first-order chi connectivity index (χ1) is 11.3. The highest BCUT2D eigenvalue weighted by atomic mass is 16.5. The van der Waals surface area contributed by atoms with Gasteiger partial charge in [0.15, 0.2) is 0 Å². The summed E-state index contributed by atoms with van der Waals surface area (Å²) in [5.74, 6) is 1.30. The molecule has 1 aromatic heterocycles. The zero-order valence-corrected chi connectivity index (χ0v) is 13.3. The van der Waals surface area contributed by atoms with E-state index in [4.69, 9.17) is 15.6 Å². The Labute approximate surface area is 136 Å². The second kappa shape index (κ2) is 7.57. The molecule has 6 nitrogen and oxygen atoms in total. The number of hydrogen-bond donors (Lipinski definition) is 2. The molecule has 0 unspecified atom stereocenters. The molecule has 1 fully saturated rings. The summed E-state index contributed by atoms with van der Waals surface area (Å²) in [7, 11) is 0. The zero-order valence-electron chi connectivity index (χ0n) is 13.3. The molecule has 1 aliphatic rings. The first-order valence-corrected chi connectivity index (χ1v) is 8.26. The predicted molar refractivity (Wildman–Crippen MR) is 90.4 cm³/mol. The van der Waals surface area contributed by atoms with Gasteiger partial charge in [0.05, 0.1) is 12.1 Å². The fraction of sp³-hybridized carbons (Fsp3) is 0.529. The van der Waals surface area contributed by atoms with Crippen LogP contribution in [0.15, 0.2) is 24.5 Å². The molecule has 3 N–H and O–H groups in total. The van der Waals surface area contributed by atoms with Gasteiger partial charge >= 0.3 is 0 Å². The van der Waals surface area contributed by atoms with Crippen molar-refractivity contribution in [2.24, 2.45) is 0 Å². The molecule has 124 valence electrons. The number of aliphatic hydroxyl groups excluding tert-OH is 1. The third-order valence-electron chi connectivity index (χ3n) is 4.46. The predicted octanol–water partition coefficient (Wildman–Crippen LogP) is 1.83. The number of ether oxygens (including phenoxy) is 1. The summed E-state index contributed by atoms with van der Waals surface area (Å²) in [6, 6.07) is 6.25. The van der Waals surface area contributed by atoms with E-state index in [-0.39, 0.29) is 6.61 Å². The largest absolute Gasteiger partial charge is 0.493 e. The minimum Gasteiger partial charge on any atom is -0.493 e. The Hall–Kier alpha value is -1.92. The summed E-state index contributed by atoms with van der Waals surface area (Å²) in [5.41, 5.74) is 6.62. The SMILES string of the molecule is Nc1ncnc2cc(OCCCN3CCC[C@H]3CCO)ccc12. The maximum atomic E-state index is 9.10. The Morgan fingerprint density at radius 2 is 2.26 bits per heavy atom. The molecule has 0 bridgehead atoms. The van der Waals surface area contributed by atoms with Crippen molar-refractivity contribution in [2.75, 3.05) is 32.0 Å². The molecule has 0 spiro atoms. The average molecular weight is 316 g/mol. The van der Waals surface area contributed by atoms with E-state index in [0.29, 0.717) is 18.5 Å². The molecular formula is C17H24N4O2. The van der Waals surface area contributed by atoms with Gasteiger partial charge < -0.3 is 20.5 Å². The van der Waals surface area contributed by atoms with Crippen LogP contribution in [0.5, 0.6) is 5.75 Å². The summed E-state index contributed by atoms with van der Waals surface area (Å²) < 4.78 is 5.83. The van der Waals surface area contributed by atoms with Crippen LogP contribution in [0.25, 0.3) is 10.9 Å². The highest BCUT2D eigenvalue weighted by Crippen LogP contribution is 2.23. The molecule has 1 aliphatic heterocycles. The van der Waals surface area contributed by atoms with E-state index < -0.39 is 0 Å². The lowest BCUT2D eigenvalue weighted by atomic mass is 10.1. The summed E-state index contributed by atoms with van der Waals surface area (Å²) in [5, 5.41) is 9.95. The standard InChI is InChI=1S/C17H24N4O2/c18-17-15-5-4-14(11-16(15)19-12-20-17)23-10-2-8-21-7-1-3-13(21)6-9-22/h4-5,11-13,22H,1-3,6-10H2,(H2,18,19,20)/t13-/m0/s1. The summed E-state index contributed by atoms with van der Waals surface area (Å²) in [6.45, 7) is 3.11. The third kappa shape index (κ3) is 3.89. The molecule has 3 rings (SSSR count). The Kier molecular flexibility index (Phi) is 5.25. The third-order valence-corrected chi connectivity index (χ3v) is 4.46. The lowest BCUT2D eigenvalue weighted by Crippen LogP contribution is -2.31. The number of anilines is 1. The van der Waals surface area contributed by atoms with Crippen molar-refractivity contribution >= 4 is 16.7 Å². The second-order valence-corrected chi connectivity index (χ2v) is 5.98. The van der Waals surface area contributed by atoms with E-state index in [2.05, 4.69) is 14.9 Å². The monoisotopic (exact) mass is 316 g/mol. The summed E-state index contributed by atoms with van der Waals surface area (Å²) in [4.78, 5) is 10.7. The topological polar surface area (TPSA) is 84.5 Å². The van der Waals surface area contributed by atoms with Crippen molar-refractivity contribution < 1.29 is 9.84 Å². The fourth-order valence-corrected chi connectivity index (χ4v) is 3.27. The van der Waals surface area contributed by atoms with E-state index in [0.717, 1.165) is 42.6 Å². The highest BCUT2D eigenvalue weighted by Gasteiger charge is 2.22. The number of benzene rings is 1. The molecule has 0 aliphatic carbocycles. The van der Waals surface area contributed by atoms with E-state index in [1.165, 1.54) is 19.2 Å². The summed E-state index contributed by atoms with van der Waals surface area (Å²) >= 11 is 0. The summed E-state index contributed by atoms with van der Waals surface area (Å²) in [6.07, 6.45) is 5.76. The van der Waals surface area contributed by atoms with Gasteiger partial charge in [-0.15, -0.1) is 0 Å². The maximum Gasteiger partial charge on any atom is 0.134 e. The van der Waals surface area contributed by atoms with E-state index in [9.17, 15) is 0 Å². The average Bonchev–Trinajstić information content (AvgIpc) is 2.99. The number of likely N-dealkylation sites (tertiary alicyclic amines) is 1. The molecule has 1 atom stereocenters. The minimum atomic E-state index is 0.278. The lowest BCUT2D eigenvalue weighted by molar-refractivity contribution is 0.183. The van der Waals surface area contributed by atoms with Crippen LogP contribution in [0, 0.1) is 0 Å². The molecule has 0 radical (unpaired) electrons. The van der Waals surface area contributed by atoms with Crippen LogP contribution in [0.1, 0.15) is 25.7 Å². The van der Waals surface area contributed by atoms with Crippen LogP contribution >= 0.6 is 0 Å². The number of nitrogens with zero attached hydrogens (tertiary/aromatic N) is 3. The van der Waals surface area contributed by atoms with Gasteiger partial charge in [-0.25, -0.2) is 9.97 Å². The molecule has 2 heterocycles. The first kappa shape index (κ1) is 16.0. The van der Waals surface area contributed by atoms with E-state index in [1.807, 2.05) is 18.2 Å². The van der Waals surface area contributed by atoms with Crippen LogP contribution in [-0.4, -0.2) is 52.3 Å². The second-order valence-electron chi connectivity index (χ2n) is 5.98. The molecule has 1 saturated heterocycles. The Morgan fingerprint density at radius 3 is 3.13 bits per heavy atom. The maximum absolute atomic E-state index is 9.10. The first-order valence-electron chi connectivity index (χ1n) is 8.26. The number of fused-ring (bicyclic) bond motifs is 1. The lowest BCUT2D eigenvalue weighted by Gasteiger charge is -2.23. The number of nitrogens with two attached hydrogens (primary N) is 1.